The van der Waals surface area contributed by atoms with Crippen LogP contribution >= 0.6 is 0 Å². The highest BCUT2D eigenvalue weighted by molar-refractivity contribution is 5.77. The molecular weight excluding hydrogens is 246 g/mol. The molecule has 5 nitrogen and oxygen atoms in total. The Morgan fingerprint density at radius 2 is 2.11 bits per heavy atom. The lowest BCUT2D eigenvalue weighted by atomic mass is 9.92. The third-order valence-corrected chi connectivity index (χ3v) is 2.94. The Hall–Kier alpha value is -2.05. The molecule has 0 aromatic heterocycles. The van der Waals surface area contributed by atoms with Crippen LogP contribution in [0.15, 0.2) is 18.2 Å². The average molecular weight is 256 g/mol. The summed E-state index contributed by atoms with van der Waals surface area (Å²) in [6.45, 7) is 0. The van der Waals surface area contributed by atoms with Gasteiger partial charge in [0.05, 0.1) is 0 Å². The highest BCUT2D eigenvalue weighted by Gasteiger charge is 2.39. The van der Waals surface area contributed by atoms with Crippen LogP contribution in [0.1, 0.15) is 24.4 Å². The summed E-state index contributed by atoms with van der Waals surface area (Å²) in [7, 11) is 0. The minimum Gasteiger partial charge on any atom is -0.342 e. The number of carbonyl (C=O) groups excluding carboxylic acids is 1. The molecule has 96 valence electrons. The quantitative estimate of drug-likeness (QED) is 0.644. The Morgan fingerprint density at radius 3 is 2.72 bits per heavy atom. The van der Waals surface area contributed by atoms with Gasteiger partial charge >= 0.3 is 0 Å². The van der Waals surface area contributed by atoms with E-state index in [1.807, 2.05) is 0 Å². The summed E-state index contributed by atoms with van der Waals surface area (Å²) >= 11 is 0. The minimum absolute atomic E-state index is 0.0327. The van der Waals surface area contributed by atoms with Crippen molar-refractivity contribution in [1.29, 1.82) is 0 Å². The first-order chi connectivity index (χ1) is 8.49. The zero-order chi connectivity index (χ0) is 13.3. The maximum atomic E-state index is 13.6. The highest BCUT2D eigenvalue weighted by Crippen LogP contribution is 2.28. The molecule has 1 heterocycles. The molecule has 7 heteroatoms. The molecule has 2 unspecified atom stereocenters. The highest BCUT2D eigenvalue weighted by atomic mass is 19.1. The SMILES string of the molecule is O=C1CCC([N+](=O)[O-])C(c2ccc(F)cc2F)N1. The molecule has 0 aliphatic carbocycles. The van der Waals surface area contributed by atoms with Crippen molar-refractivity contribution >= 4 is 5.91 Å². The van der Waals surface area contributed by atoms with Gasteiger partial charge in [-0.3, -0.25) is 14.9 Å². The Balaban J connectivity index is 2.38. The van der Waals surface area contributed by atoms with Crippen molar-refractivity contribution in [3.05, 3.63) is 45.5 Å². The Kier molecular flexibility index (Phi) is 3.22. The van der Waals surface area contributed by atoms with E-state index in [4.69, 9.17) is 0 Å². The Bertz CT molecular complexity index is 507. The number of carbonyl (C=O) groups is 1. The second-order valence-electron chi connectivity index (χ2n) is 4.10. The molecule has 1 aliphatic heterocycles. The molecule has 1 saturated heterocycles. The van der Waals surface area contributed by atoms with Crippen LogP contribution in [-0.2, 0) is 4.79 Å². The summed E-state index contributed by atoms with van der Waals surface area (Å²) < 4.78 is 26.4. The number of nitrogens with zero attached hydrogens (tertiary/aromatic N) is 1. The second-order valence-corrected chi connectivity index (χ2v) is 4.10. The number of hydrogen-bond donors (Lipinski definition) is 1. The number of amides is 1. The number of nitro groups is 1. The van der Waals surface area contributed by atoms with E-state index in [9.17, 15) is 23.7 Å². The molecule has 1 amide bonds. The van der Waals surface area contributed by atoms with Crippen LogP contribution in [0.3, 0.4) is 0 Å². The number of halogens is 2. The number of rotatable bonds is 2. The van der Waals surface area contributed by atoms with Gasteiger partial charge in [0.25, 0.3) is 0 Å². The van der Waals surface area contributed by atoms with E-state index in [2.05, 4.69) is 5.32 Å². The standard InChI is InChI=1S/C11H10F2N2O3/c12-6-1-2-7(8(13)5-6)11-9(15(17)18)3-4-10(16)14-11/h1-2,5,9,11H,3-4H2,(H,14,16). The van der Waals surface area contributed by atoms with Crippen LogP contribution in [0.25, 0.3) is 0 Å². The van der Waals surface area contributed by atoms with Gasteiger partial charge in [-0.2, -0.15) is 0 Å². The van der Waals surface area contributed by atoms with E-state index in [0.29, 0.717) is 6.07 Å². The van der Waals surface area contributed by atoms with E-state index in [1.165, 1.54) is 0 Å². The van der Waals surface area contributed by atoms with Gasteiger partial charge in [-0.25, -0.2) is 8.78 Å². The van der Waals surface area contributed by atoms with Gasteiger partial charge in [0.1, 0.15) is 17.7 Å². The number of piperidine rings is 1. The largest absolute Gasteiger partial charge is 0.342 e. The molecule has 2 atom stereocenters. The smallest absolute Gasteiger partial charge is 0.237 e. The monoisotopic (exact) mass is 256 g/mol. The molecule has 1 aromatic rings. The normalized spacial score (nSPS) is 23.6. The van der Waals surface area contributed by atoms with Crippen molar-refractivity contribution in [1.82, 2.24) is 5.32 Å². The summed E-state index contributed by atoms with van der Waals surface area (Å²) in [6.07, 6.45) is 0.0747. The van der Waals surface area contributed by atoms with Crippen LogP contribution in [0.4, 0.5) is 8.78 Å². The van der Waals surface area contributed by atoms with E-state index in [0.717, 1.165) is 12.1 Å². The zero-order valence-corrected chi connectivity index (χ0v) is 9.23. The zero-order valence-electron chi connectivity index (χ0n) is 9.23. The topological polar surface area (TPSA) is 72.2 Å². The maximum absolute atomic E-state index is 13.6. The first kappa shape index (κ1) is 12.4. The van der Waals surface area contributed by atoms with Crippen molar-refractivity contribution in [2.45, 2.75) is 24.9 Å². The van der Waals surface area contributed by atoms with Crippen molar-refractivity contribution < 1.29 is 18.5 Å². The fourth-order valence-corrected chi connectivity index (χ4v) is 2.05. The van der Waals surface area contributed by atoms with Gasteiger partial charge in [0.2, 0.25) is 11.9 Å². The molecule has 18 heavy (non-hydrogen) atoms. The van der Waals surface area contributed by atoms with Gasteiger partial charge < -0.3 is 5.32 Å². The Labute approximate surface area is 101 Å². The third-order valence-electron chi connectivity index (χ3n) is 2.94. The maximum Gasteiger partial charge on any atom is 0.237 e. The third kappa shape index (κ3) is 2.29. The molecule has 1 N–H and O–H groups in total. The summed E-state index contributed by atoms with van der Waals surface area (Å²) in [4.78, 5) is 21.6. The minimum atomic E-state index is -1.09. The van der Waals surface area contributed by atoms with Crippen LogP contribution in [0.5, 0.6) is 0 Å². The number of hydrogen-bond acceptors (Lipinski definition) is 3. The molecule has 1 aliphatic rings. The van der Waals surface area contributed by atoms with Crippen molar-refractivity contribution in [3.63, 3.8) is 0 Å². The predicted molar refractivity (Wildman–Crippen MR) is 57.3 cm³/mol. The first-order valence-corrected chi connectivity index (χ1v) is 5.37. The second kappa shape index (κ2) is 4.67. The van der Waals surface area contributed by atoms with Crippen molar-refractivity contribution in [2.24, 2.45) is 0 Å². The molecule has 2 rings (SSSR count). The fraction of sp³-hybridized carbons (Fsp3) is 0.364. The van der Waals surface area contributed by atoms with Crippen LogP contribution < -0.4 is 5.32 Å². The molecule has 1 aromatic carbocycles. The van der Waals surface area contributed by atoms with Gasteiger partial charge in [0, 0.05) is 29.4 Å². The number of benzene rings is 1. The Morgan fingerprint density at radius 1 is 1.39 bits per heavy atom. The van der Waals surface area contributed by atoms with Crippen molar-refractivity contribution in [2.75, 3.05) is 0 Å². The molecule has 0 bridgehead atoms. The van der Waals surface area contributed by atoms with E-state index in [1.54, 1.807) is 0 Å². The number of nitrogens with one attached hydrogen (secondary N) is 1. The van der Waals surface area contributed by atoms with E-state index >= 15 is 0 Å². The van der Waals surface area contributed by atoms with Crippen LogP contribution in [0, 0.1) is 21.7 Å². The average Bonchev–Trinajstić information content (AvgIpc) is 2.28. The summed E-state index contributed by atoms with van der Waals surface area (Å²) in [5.74, 6) is -2.04. The molecule has 1 fully saturated rings. The molecule has 0 spiro atoms. The van der Waals surface area contributed by atoms with Crippen LogP contribution in [0.2, 0.25) is 0 Å². The predicted octanol–water partition coefficient (Wildman–Crippen LogP) is 1.56. The summed E-state index contributed by atoms with van der Waals surface area (Å²) in [5.41, 5.74) is -0.0637. The summed E-state index contributed by atoms with van der Waals surface area (Å²) in [5, 5.41) is 13.3. The summed E-state index contributed by atoms with van der Waals surface area (Å²) in [6, 6.07) is 0.630. The molecule has 0 saturated carbocycles. The first-order valence-electron chi connectivity index (χ1n) is 5.37. The van der Waals surface area contributed by atoms with Crippen LogP contribution in [-0.4, -0.2) is 16.9 Å². The van der Waals surface area contributed by atoms with Gasteiger partial charge in [-0.15, -0.1) is 0 Å². The lowest BCUT2D eigenvalue weighted by Crippen LogP contribution is -2.45. The van der Waals surface area contributed by atoms with Crippen molar-refractivity contribution in [3.8, 4) is 0 Å². The van der Waals surface area contributed by atoms with Gasteiger partial charge in [0.15, 0.2) is 0 Å². The van der Waals surface area contributed by atoms with E-state index < -0.39 is 28.6 Å². The fourth-order valence-electron chi connectivity index (χ4n) is 2.05. The lowest BCUT2D eigenvalue weighted by Gasteiger charge is -2.26. The molecule has 0 radical (unpaired) electrons. The molecular formula is C11H10F2N2O3. The van der Waals surface area contributed by atoms with Gasteiger partial charge in [-0.1, -0.05) is 6.07 Å². The lowest BCUT2D eigenvalue weighted by molar-refractivity contribution is -0.529. The van der Waals surface area contributed by atoms with Gasteiger partial charge in [-0.05, 0) is 6.07 Å². The van der Waals surface area contributed by atoms with E-state index in [-0.39, 0.29) is 24.3 Å².